The van der Waals surface area contributed by atoms with Crippen molar-refractivity contribution in [1.29, 1.82) is 0 Å². The van der Waals surface area contributed by atoms with E-state index in [9.17, 15) is 4.79 Å². The van der Waals surface area contributed by atoms with Gasteiger partial charge in [-0.15, -0.1) is 0 Å². The third-order valence-corrected chi connectivity index (χ3v) is 4.34. The van der Waals surface area contributed by atoms with Crippen LogP contribution in [0.15, 0.2) is 0 Å². The van der Waals surface area contributed by atoms with Gasteiger partial charge in [0, 0.05) is 26.2 Å². The van der Waals surface area contributed by atoms with Crippen molar-refractivity contribution in [1.82, 2.24) is 15.1 Å². The smallest absolute Gasteiger partial charge is 0.243 e. The summed E-state index contributed by atoms with van der Waals surface area (Å²) in [6.07, 6.45) is 5.72. The minimum absolute atomic E-state index is 0.213. The second kappa shape index (κ2) is 5.36. The van der Waals surface area contributed by atoms with Crippen LogP contribution >= 0.6 is 0 Å². The van der Waals surface area contributed by atoms with Crippen LogP contribution < -0.4 is 5.32 Å². The van der Waals surface area contributed by atoms with Crippen LogP contribution in [0.4, 0.5) is 0 Å². The lowest BCUT2D eigenvalue weighted by molar-refractivity contribution is -0.146. The molecule has 4 heteroatoms. The Kier molecular flexibility index (Phi) is 4.05. The van der Waals surface area contributed by atoms with Gasteiger partial charge in [-0.05, 0) is 26.9 Å². The van der Waals surface area contributed by atoms with Crippen molar-refractivity contribution >= 4 is 5.91 Å². The van der Waals surface area contributed by atoms with Crippen molar-refractivity contribution in [2.24, 2.45) is 0 Å². The molecule has 1 aliphatic heterocycles. The van der Waals surface area contributed by atoms with Crippen molar-refractivity contribution in [3.63, 3.8) is 0 Å². The summed E-state index contributed by atoms with van der Waals surface area (Å²) in [7, 11) is 4.12. The van der Waals surface area contributed by atoms with Gasteiger partial charge in [0.15, 0.2) is 0 Å². The van der Waals surface area contributed by atoms with E-state index >= 15 is 0 Å². The minimum Gasteiger partial charge on any atom is -0.339 e. The normalized spacial score (nSPS) is 25.0. The molecule has 98 valence electrons. The van der Waals surface area contributed by atoms with E-state index in [0.29, 0.717) is 5.91 Å². The molecule has 0 atom stereocenters. The molecule has 0 unspecified atom stereocenters. The maximum atomic E-state index is 12.8. The highest BCUT2D eigenvalue weighted by Crippen LogP contribution is 2.34. The topological polar surface area (TPSA) is 35.6 Å². The molecule has 2 rings (SSSR count). The monoisotopic (exact) mass is 239 g/mol. The largest absolute Gasteiger partial charge is 0.339 e. The molecule has 0 bridgehead atoms. The second-order valence-electron chi connectivity index (χ2n) is 5.53. The molecule has 0 radical (unpaired) electrons. The fraction of sp³-hybridized carbons (Fsp3) is 0.923. The zero-order chi connectivity index (χ0) is 12.3. The number of amides is 1. The second-order valence-corrected chi connectivity index (χ2v) is 5.53. The first-order valence-electron chi connectivity index (χ1n) is 6.84. The van der Waals surface area contributed by atoms with Crippen LogP contribution in [0.5, 0.6) is 0 Å². The first kappa shape index (κ1) is 12.8. The van der Waals surface area contributed by atoms with Gasteiger partial charge in [-0.25, -0.2) is 0 Å². The molecular formula is C13H25N3O. The van der Waals surface area contributed by atoms with E-state index in [-0.39, 0.29) is 5.54 Å². The lowest BCUT2D eigenvalue weighted by Gasteiger charge is -2.45. The van der Waals surface area contributed by atoms with Gasteiger partial charge in [-0.3, -0.25) is 9.69 Å². The molecule has 1 amide bonds. The van der Waals surface area contributed by atoms with E-state index in [1.807, 2.05) is 0 Å². The molecule has 1 aliphatic carbocycles. The van der Waals surface area contributed by atoms with Crippen LogP contribution in [-0.2, 0) is 4.79 Å². The van der Waals surface area contributed by atoms with Gasteiger partial charge in [0.1, 0.15) is 5.54 Å². The fourth-order valence-corrected chi connectivity index (χ4v) is 3.15. The third kappa shape index (κ3) is 2.47. The van der Waals surface area contributed by atoms with Crippen molar-refractivity contribution < 1.29 is 4.79 Å². The fourth-order valence-electron chi connectivity index (χ4n) is 3.15. The standard InChI is InChI=1S/C13H25N3O/c1-15(2)13(6-4-3-5-7-13)12(17)16-10-8-14-9-11-16/h14H,3-11H2,1-2H3. The van der Waals surface area contributed by atoms with Gasteiger partial charge in [-0.2, -0.15) is 0 Å². The highest BCUT2D eigenvalue weighted by molar-refractivity contribution is 5.86. The van der Waals surface area contributed by atoms with E-state index in [0.717, 1.165) is 39.0 Å². The van der Waals surface area contributed by atoms with Gasteiger partial charge in [0.25, 0.3) is 0 Å². The predicted molar refractivity (Wildman–Crippen MR) is 69.0 cm³/mol. The summed E-state index contributed by atoms with van der Waals surface area (Å²) >= 11 is 0. The van der Waals surface area contributed by atoms with Crippen molar-refractivity contribution in [2.45, 2.75) is 37.6 Å². The van der Waals surface area contributed by atoms with Gasteiger partial charge in [-0.1, -0.05) is 19.3 Å². The zero-order valence-corrected chi connectivity index (χ0v) is 11.2. The number of likely N-dealkylation sites (N-methyl/N-ethyl adjacent to an activating group) is 1. The van der Waals surface area contributed by atoms with E-state index in [1.54, 1.807) is 0 Å². The average Bonchev–Trinajstić information content (AvgIpc) is 2.39. The van der Waals surface area contributed by atoms with Gasteiger partial charge >= 0.3 is 0 Å². The lowest BCUT2D eigenvalue weighted by atomic mass is 9.79. The number of nitrogens with zero attached hydrogens (tertiary/aromatic N) is 2. The molecule has 0 spiro atoms. The Bertz CT molecular complexity index is 266. The molecule has 0 aromatic carbocycles. The summed E-state index contributed by atoms with van der Waals surface area (Å²) < 4.78 is 0. The number of rotatable bonds is 2. The summed E-state index contributed by atoms with van der Waals surface area (Å²) in [4.78, 5) is 17.0. The number of hydrogen-bond acceptors (Lipinski definition) is 3. The summed E-state index contributed by atoms with van der Waals surface area (Å²) in [5, 5.41) is 3.31. The Labute approximate surface area is 104 Å². The number of hydrogen-bond donors (Lipinski definition) is 1. The first-order valence-corrected chi connectivity index (χ1v) is 6.84. The summed E-state index contributed by atoms with van der Waals surface area (Å²) in [6, 6.07) is 0. The highest BCUT2D eigenvalue weighted by atomic mass is 16.2. The van der Waals surface area contributed by atoms with Crippen LogP contribution in [0, 0.1) is 0 Å². The van der Waals surface area contributed by atoms with Crippen LogP contribution in [0.3, 0.4) is 0 Å². The Balaban J connectivity index is 2.11. The summed E-state index contributed by atoms with van der Waals surface area (Å²) in [6.45, 7) is 3.62. The molecule has 17 heavy (non-hydrogen) atoms. The predicted octanol–water partition coefficient (Wildman–Crippen LogP) is 0.683. The van der Waals surface area contributed by atoms with Gasteiger partial charge in [0.05, 0.1) is 0 Å². The van der Waals surface area contributed by atoms with Crippen LogP contribution in [0.1, 0.15) is 32.1 Å². The van der Waals surface area contributed by atoms with Crippen molar-refractivity contribution in [3.05, 3.63) is 0 Å². The number of carbonyl (C=O) groups is 1. The molecule has 1 saturated carbocycles. The number of piperazine rings is 1. The van der Waals surface area contributed by atoms with Crippen LogP contribution in [0.2, 0.25) is 0 Å². The third-order valence-electron chi connectivity index (χ3n) is 4.34. The minimum atomic E-state index is -0.213. The van der Waals surface area contributed by atoms with Crippen LogP contribution in [-0.4, -0.2) is 61.5 Å². The SMILES string of the molecule is CN(C)C1(C(=O)N2CCNCC2)CCCCC1. The lowest BCUT2D eigenvalue weighted by Crippen LogP contribution is -2.61. The van der Waals surface area contributed by atoms with E-state index in [1.165, 1.54) is 19.3 Å². The van der Waals surface area contributed by atoms with Crippen molar-refractivity contribution in [2.75, 3.05) is 40.3 Å². The quantitative estimate of drug-likeness (QED) is 0.770. The highest BCUT2D eigenvalue weighted by Gasteiger charge is 2.43. The molecular weight excluding hydrogens is 214 g/mol. The molecule has 0 aromatic heterocycles. The average molecular weight is 239 g/mol. The Morgan fingerprint density at radius 3 is 2.24 bits per heavy atom. The van der Waals surface area contributed by atoms with Crippen molar-refractivity contribution in [3.8, 4) is 0 Å². The maximum absolute atomic E-state index is 12.8. The molecule has 1 N–H and O–H groups in total. The van der Waals surface area contributed by atoms with Crippen LogP contribution in [0.25, 0.3) is 0 Å². The van der Waals surface area contributed by atoms with E-state index in [4.69, 9.17) is 0 Å². The Morgan fingerprint density at radius 2 is 1.71 bits per heavy atom. The first-order chi connectivity index (χ1) is 8.17. The van der Waals surface area contributed by atoms with E-state index < -0.39 is 0 Å². The molecule has 1 heterocycles. The van der Waals surface area contributed by atoms with Gasteiger partial charge < -0.3 is 10.2 Å². The number of nitrogens with one attached hydrogen (secondary N) is 1. The summed E-state index contributed by atoms with van der Waals surface area (Å²) in [5.41, 5.74) is -0.213. The zero-order valence-electron chi connectivity index (χ0n) is 11.2. The van der Waals surface area contributed by atoms with E-state index in [2.05, 4.69) is 29.2 Å². The Morgan fingerprint density at radius 1 is 1.12 bits per heavy atom. The molecule has 0 aromatic rings. The molecule has 2 fully saturated rings. The number of carbonyl (C=O) groups excluding carboxylic acids is 1. The maximum Gasteiger partial charge on any atom is 0.243 e. The molecule has 1 saturated heterocycles. The molecule has 2 aliphatic rings. The van der Waals surface area contributed by atoms with Gasteiger partial charge in [0.2, 0.25) is 5.91 Å². The molecule has 4 nitrogen and oxygen atoms in total. The summed E-state index contributed by atoms with van der Waals surface area (Å²) in [5.74, 6) is 0.365. The Hall–Kier alpha value is -0.610.